The molecule has 86 valence electrons. The minimum absolute atomic E-state index is 0.465. The van der Waals surface area contributed by atoms with Gasteiger partial charge >= 0.3 is 5.97 Å². The Morgan fingerprint density at radius 3 is 2.12 bits per heavy atom. The lowest BCUT2D eigenvalue weighted by Gasteiger charge is -2.13. The maximum Gasteiger partial charge on any atom is 0.335 e. The lowest BCUT2D eigenvalue weighted by atomic mass is 10.2. The van der Waals surface area contributed by atoms with Crippen LogP contribution in [0.4, 0.5) is 0 Å². The summed E-state index contributed by atoms with van der Waals surface area (Å²) in [6, 6.07) is 0. The Morgan fingerprint density at radius 1 is 1.12 bits per heavy atom. The van der Waals surface area contributed by atoms with Gasteiger partial charge in [0.1, 0.15) is 0 Å². The van der Waals surface area contributed by atoms with Gasteiger partial charge in [0.2, 0.25) is 0 Å². The van der Waals surface area contributed by atoms with Crippen LogP contribution in [-0.2, 0) is 4.79 Å². The Morgan fingerprint density at radius 2 is 1.62 bits per heavy atom. The average molecular weight is 478 g/mol. The van der Waals surface area contributed by atoms with Crippen molar-refractivity contribution in [1.82, 2.24) is 0 Å². The first-order chi connectivity index (χ1) is 7.40. The van der Waals surface area contributed by atoms with Crippen molar-refractivity contribution in [2.24, 2.45) is 0 Å². The summed E-state index contributed by atoms with van der Waals surface area (Å²) in [7, 11) is 0. The van der Waals surface area contributed by atoms with E-state index in [1.54, 1.807) is 0 Å². The minimum Gasteiger partial charge on any atom is -0.422 e. The SMILES string of the molecule is C=CC(=O)Oc1c(C)c(Br)c(Br)c(Br)c1Br. The molecule has 0 bridgehead atoms. The van der Waals surface area contributed by atoms with E-state index in [0.29, 0.717) is 10.2 Å². The predicted molar refractivity (Wildman–Crippen MR) is 77.8 cm³/mol. The molecule has 0 radical (unpaired) electrons. The molecule has 16 heavy (non-hydrogen) atoms. The van der Waals surface area contributed by atoms with Gasteiger partial charge in [-0.2, -0.15) is 0 Å². The summed E-state index contributed by atoms with van der Waals surface area (Å²) in [5.41, 5.74) is 0.817. The van der Waals surface area contributed by atoms with Crippen LogP contribution in [0.25, 0.3) is 0 Å². The van der Waals surface area contributed by atoms with E-state index in [4.69, 9.17) is 4.74 Å². The van der Waals surface area contributed by atoms with Gasteiger partial charge in [-0.25, -0.2) is 4.79 Å². The second-order valence-electron chi connectivity index (χ2n) is 2.84. The normalized spacial score (nSPS) is 10.1. The van der Waals surface area contributed by atoms with E-state index < -0.39 is 5.97 Å². The number of esters is 1. The van der Waals surface area contributed by atoms with E-state index in [-0.39, 0.29) is 0 Å². The Bertz CT molecular complexity index is 439. The van der Waals surface area contributed by atoms with Gasteiger partial charge in [-0.05, 0) is 70.6 Å². The van der Waals surface area contributed by atoms with Crippen LogP contribution in [0, 0.1) is 6.92 Å². The Hall–Kier alpha value is 0.350. The molecule has 1 aromatic carbocycles. The summed E-state index contributed by atoms with van der Waals surface area (Å²) in [4.78, 5) is 11.2. The molecule has 0 unspecified atom stereocenters. The van der Waals surface area contributed by atoms with Gasteiger partial charge in [0.05, 0.1) is 8.95 Å². The van der Waals surface area contributed by atoms with Crippen LogP contribution in [-0.4, -0.2) is 5.97 Å². The molecule has 0 amide bonds. The second kappa shape index (κ2) is 5.80. The number of hydrogen-bond donors (Lipinski definition) is 0. The van der Waals surface area contributed by atoms with Crippen molar-refractivity contribution in [3.8, 4) is 5.75 Å². The summed E-state index contributed by atoms with van der Waals surface area (Å²) in [6.07, 6.45) is 1.12. The van der Waals surface area contributed by atoms with E-state index in [1.165, 1.54) is 0 Å². The Labute approximate surface area is 127 Å². The summed E-state index contributed by atoms with van der Waals surface area (Å²) in [5.74, 6) is -0.0308. The van der Waals surface area contributed by atoms with E-state index >= 15 is 0 Å². The molecule has 0 aliphatic heterocycles. The first-order valence-corrected chi connectivity index (χ1v) is 7.24. The maximum atomic E-state index is 11.2. The molecule has 0 aliphatic rings. The van der Waals surface area contributed by atoms with E-state index in [1.807, 2.05) is 6.92 Å². The fourth-order valence-electron chi connectivity index (χ4n) is 0.985. The summed E-state index contributed by atoms with van der Waals surface area (Å²) >= 11 is 13.6. The van der Waals surface area contributed by atoms with Crippen molar-refractivity contribution >= 4 is 69.7 Å². The molecule has 1 rings (SSSR count). The van der Waals surface area contributed by atoms with Crippen LogP contribution in [0.5, 0.6) is 5.75 Å². The lowest BCUT2D eigenvalue weighted by Crippen LogP contribution is -2.06. The molecule has 1 aromatic rings. The van der Waals surface area contributed by atoms with Crippen LogP contribution in [0.1, 0.15) is 5.56 Å². The monoisotopic (exact) mass is 474 g/mol. The molecule has 0 atom stereocenters. The number of hydrogen-bond acceptors (Lipinski definition) is 2. The molecular weight excluding hydrogens is 472 g/mol. The Kier molecular flexibility index (Phi) is 5.22. The number of ether oxygens (including phenoxy) is 1. The van der Waals surface area contributed by atoms with Gasteiger partial charge in [0.25, 0.3) is 0 Å². The third-order valence-electron chi connectivity index (χ3n) is 1.82. The molecule has 0 saturated heterocycles. The van der Waals surface area contributed by atoms with E-state index in [9.17, 15) is 4.79 Å². The van der Waals surface area contributed by atoms with Crippen molar-refractivity contribution < 1.29 is 9.53 Å². The summed E-state index contributed by atoms with van der Waals surface area (Å²) < 4.78 is 8.29. The largest absolute Gasteiger partial charge is 0.422 e. The van der Waals surface area contributed by atoms with E-state index in [2.05, 4.69) is 70.3 Å². The molecule has 0 aliphatic carbocycles. The average Bonchev–Trinajstić information content (AvgIpc) is 2.29. The standard InChI is InChI=1S/C10H6Br4O2/c1-3-5(15)16-10-4(2)6(11)7(12)8(13)9(10)14/h3H,1H2,2H3. The van der Waals surface area contributed by atoms with Crippen LogP contribution in [0.2, 0.25) is 0 Å². The fourth-order valence-corrected chi connectivity index (χ4v) is 3.35. The van der Waals surface area contributed by atoms with Gasteiger partial charge in [-0.15, -0.1) is 0 Å². The topological polar surface area (TPSA) is 26.3 Å². The smallest absolute Gasteiger partial charge is 0.335 e. The van der Waals surface area contributed by atoms with Gasteiger partial charge in [-0.1, -0.05) is 6.58 Å². The predicted octanol–water partition coefficient (Wildman–Crippen LogP) is 5.14. The highest BCUT2D eigenvalue weighted by molar-refractivity contribution is 9.15. The van der Waals surface area contributed by atoms with E-state index in [0.717, 1.165) is 25.1 Å². The summed E-state index contributed by atoms with van der Waals surface area (Å²) in [6.45, 7) is 5.20. The van der Waals surface area contributed by atoms with Crippen LogP contribution in [0.15, 0.2) is 30.5 Å². The van der Waals surface area contributed by atoms with Crippen molar-refractivity contribution in [3.63, 3.8) is 0 Å². The fraction of sp³-hybridized carbons (Fsp3) is 0.100. The molecule has 0 fully saturated rings. The quantitative estimate of drug-likeness (QED) is 0.194. The molecule has 0 spiro atoms. The second-order valence-corrected chi connectivity index (χ2v) is 6.01. The van der Waals surface area contributed by atoms with Crippen LogP contribution in [0.3, 0.4) is 0 Å². The maximum absolute atomic E-state index is 11.2. The number of benzene rings is 1. The van der Waals surface area contributed by atoms with Crippen molar-refractivity contribution in [2.45, 2.75) is 6.92 Å². The zero-order chi connectivity index (χ0) is 12.5. The first-order valence-electron chi connectivity index (χ1n) is 4.07. The molecule has 0 saturated carbocycles. The van der Waals surface area contributed by atoms with Gasteiger partial charge < -0.3 is 4.74 Å². The van der Waals surface area contributed by atoms with Gasteiger partial charge in [0, 0.05) is 20.6 Å². The number of halogens is 4. The minimum atomic E-state index is -0.495. The molecule has 0 N–H and O–H groups in total. The van der Waals surface area contributed by atoms with Crippen molar-refractivity contribution in [2.75, 3.05) is 0 Å². The first kappa shape index (κ1) is 14.4. The third-order valence-corrected chi connectivity index (χ3v) is 6.75. The molecule has 0 aromatic heterocycles. The lowest BCUT2D eigenvalue weighted by molar-refractivity contribution is -0.129. The van der Waals surface area contributed by atoms with Gasteiger partial charge in [-0.3, -0.25) is 0 Å². The van der Waals surface area contributed by atoms with Crippen molar-refractivity contribution in [3.05, 3.63) is 36.1 Å². The third kappa shape index (κ3) is 2.78. The van der Waals surface area contributed by atoms with Gasteiger partial charge in [0.15, 0.2) is 5.75 Å². The summed E-state index contributed by atoms with van der Waals surface area (Å²) in [5, 5.41) is 0. The number of carbonyl (C=O) groups excluding carboxylic acids is 1. The molecule has 0 heterocycles. The highest BCUT2D eigenvalue weighted by Gasteiger charge is 2.18. The highest BCUT2D eigenvalue weighted by Crippen LogP contribution is 2.45. The Balaban J connectivity index is 3.39. The van der Waals surface area contributed by atoms with Crippen molar-refractivity contribution in [1.29, 1.82) is 0 Å². The van der Waals surface area contributed by atoms with Crippen LogP contribution >= 0.6 is 63.7 Å². The zero-order valence-electron chi connectivity index (χ0n) is 8.11. The highest BCUT2D eigenvalue weighted by atomic mass is 79.9. The molecular formula is C10H6Br4O2. The number of rotatable bonds is 2. The number of carbonyl (C=O) groups is 1. The molecule has 6 heteroatoms. The molecule has 2 nitrogen and oxygen atoms in total. The van der Waals surface area contributed by atoms with Crippen LogP contribution < -0.4 is 4.74 Å². The zero-order valence-corrected chi connectivity index (χ0v) is 14.5.